The first-order valence-corrected chi connectivity index (χ1v) is 5.59. The summed E-state index contributed by atoms with van der Waals surface area (Å²) in [5.41, 5.74) is 0.348. The second kappa shape index (κ2) is 4.01. The van der Waals surface area contributed by atoms with Gasteiger partial charge in [-0.25, -0.2) is 0 Å². The number of anilines is 1. The molecule has 0 bridgehead atoms. The van der Waals surface area contributed by atoms with Gasteiger partial charge in [-0.3, -0.25) is 4.79 Å². The number of carbonyl (C=O) groups excluding carboxylic acids is 1. The maximum Gasteiger partial charge on any atom is 0.471 e. The number of rotatable bonds is 0. The number of para-hydroxylation sites is 1. The number of hydrogen-bond acceptors (Lipinski definition) is 2. The van der Waals surface area contributed by atoms with Crippen LogP contribution in [0.1, 0.15) is 0 Å². The molecule has 0 spiro atoms. The van der Waals surface area contributed by atoms with Crippen molar-refractivity contribution in [3.63, 3.8) is 0 Å². The fourth-order valence-electron chi connectivity index (χ4n) is 1.53. The highest BCUT2D eigenvalue weighted by Crippen LogP contribution is 2.36. The lowest BCUT2D eigenvalue weighted by molar-refractivity contribution is -0.170. The number of alkyl halides is 3. The summed E-state index contributed by atoms with van der Waals surface area (Å²) >= 11 is 1.46. The van der Waals surface area contributed by atoms with Gasteiger partial charge in [0.2, 0.25) is 0 Å². The summed E-state index contributed by atoms with van der Waals surface area (Å²) in [6, 6.07) is 6.62. The first-order chi connectivity index (χ1) is 7.50. The van der Waals surface area contributed by atoms with Gasteiger partial charge in [-0.15, -0.1) is 11.8 Å². The van der Waals surface area contributed by atoms with Gasteiger partial charge in [0.05, 0.1) is 5.69 Å². The molecule has 0 aromatic heterocycles. The molecule has 1 aliphatic heterocycles. The number of fused-ring (bicyclic) bond motifs is 1. The fourth-order valence-corrected chi connectivity index (χ4v) is 2.53. The van der Waals surface area contributed by atoms with Gasteiger partial charge in [0, 0.05) is 17.2 Å². The van der Waals surface area contributed by atoms with Crippen molar-refractivity contribution in [3.05, 3.63) is 24.3 Å². The van der Waals surface area contributed by atoms with Crippen molar-refractivity contribution in [1.29, 1.82) is 0 Å². The molecule has 0 saturated carbocycles. The summed E-state index contributed by atoms with van der Waals surface area (Å²) in [4.78, 5) is 12.7. The van der Waals surface area contributed by atoms with E-state index in [9.17, 15) is 18.0 Å². The van der Waals surface area contributed by atoms with E-state index in [0.717, 1.165) is 4.90 Å². The van der Waals surface area contributed by atoms with Crippen LogP contribution in [-0.2, 0) is 4.79 Å². The molecule has 1 amide bonds. The molecule has 2 nitrogen and oxygen atoms in total. The highest BCUT2D eigenvalue weighted by molar-refractivity contribution is 7.99. The number of amides is 1. The van der Waals surface area contributed by atoms with Crippen LogP contribution in [0.25, 0.3) is 0 Å². The standard InChI is InChI=1S/C10H8F3NOS/c11-10(12,13)9(15)14-5-6-16-8-4-2-1-3-7(8)14/h1-4H,5-6H2. The zero-order chi connectivity index (χ0) is 11.8. The molecule has 6 heteroatoms. The van der Waals surface area contributed by atoms with Crippen LogP contribution in [0.3, 0.4) is 0 Å². The molecule has 0 atom stereocenters. The van der Waals surface area contributed by atoms with Crippen LogP contribution >= 0.6 is 11.8 Å². The Hall–Kier alpha value is -1.17. The van der Waals surface area contributed by atoms with Crippen molar-refractivity contribution >= 4 is 23.4 Å². The van der Waals surface area contributed by atoms with Gasteiger partial charge >= 0.3 is 12.1 Å². The van der Waals surface area contributed by atoms with Crippen LogP contribution < -0.4 is 4.90 Å². The molecule has 1 heterocycles. The molecule has 1 aromatic rings. The van der Waals surface area contributed by atoms with Crippen LogP contribution in [0.15, 0.2) is 29.2 Å². The molecule has 0 fully saturated rings. The van der Waals surface area contributed by atoms with Crippen LogP contribution in [0.4, 0.5) is 18.9 Å². The van der Waals surface area contributed by atoms with Crippen molar-refractivity contribution in [2.75, 3.05) is 17.2 Å². The van der Waals surface area contributed by atoms with Crippen LogP contribution in [-0.4, -0.2) is 24.4 Å². The maximum atomic E-state index is 12.3. The Balaban J connectivity index is 2.36. The van der Waals surface area contributed by atoms with E-state index < -0.39 is 12.1 Å². The van der Waals surface area contributed by atoms with Gasteiger partial charge in [-0.2, -0.15) is 13.2 Å². The number of carbonyl (C=O) groups is 1. The van der Waals surface area contributed by atoms with Crippen molar-refractivity contribution < 1.29 is 18.0 Å². The van der Waals surface area contributed by atoms with Gasteiger partial charge in [0.1, 0.15) is 0 Å². The molecule has 1 aromatic carbocycles. The van der Waals surface area contributed by atoms with Crippen molar-refractivity contribution in [3.8, 4) is 0 Å². The lowest BCUT2D eigenvalue weighted by atomic mass is 10.2. The molecule has 0 saturated heterocycles. The van der Waals surface area contributed by atoms with E-state index in [1.165, 1.54) is 17.8 Å². The molecule has 16 heavy (non-hydrogen) atoms. The Morgan fingerprint density at radius 1 is 1.31 bits per heavy atom. The quantitative estimate of drug-likeness (QED) is 0.702. The number of nitrogens with zero attached hydrogens (tertiary/aromatic N) is 1. The zero-order valence-corrected chi connectivity index (χ0v) is 8.94. The predicted octanol–water partition coefficient (Wildman–Crippen LogP) is 2.69. The monoisotopic (exact) mass is 247 g/mol. The smallest absolute Gasteiger partial charge is 0.303 e. The SMILES string of the molecule is O=C(N1CCSc2ccccc21)C(F)(F)F. The molecule has 0 aliphatic carbocycles. The van der Waals surface area contributed by atoms with E-state index in [4.69, 9.17) is 0 Å². The molecule has 86 valence electrons. The molecular weight excluding hydrogens is 239 g/mol. The summed E-state index contributed by atoms with van der Waals surface area (Å²) in [5, 5.41) is 0. The van der Waals surface area contributed by atoms with Crippen molar-refractivity contribution in [1.82, 2.24) is 0 Å². The topological polar surface area (TPSA) is 20.3 Å². The van der Waals surface area contributed by atoms with Gasteiger partial charge in [0.15, 0.2) is 0 Å². The fraction of sp³-hybridized carbons (Fsp3) is 0.300. The van der Waals surface area contributed by atoms with Gasteiger partial charge in [0.25, 0.3) is 0 Å². The van der Waals surface area contributed by atoms with Crippen LogP contribution in [0.5, 0.6) is 0 Å². The van der Waals surface area contributed by atoms with E-state index >= 15 is 0 Å². The Morgan fingerprint density at radius 3 is 2.69 bits per heavy atom. The first-order valence-electron chi connectivity index (χ1n) is 4.60. The summed E-state index contributed by atoms with van der Waals surface area (Å²) in [6.45, 7) is 0.0972. The Morgan fingerprint density at radius 2 is 2.00 bits per heavy atom. The minimum atomic E-state index is -4.81. The molecule has 2 rings (SSSR count). The molecule has 1 aliphatic rings. The van der Waals surface area contributed by atoms with E-state index in [-0.39, 0.29) is 6.54 Å². The molecule has 0 unspecified atom stereocenters. The second-order valence-electron chi connectivity index (χ2n) is 3.27. The number of thioether (sulfide) groups is 1. The van der Waals surface area contributed by atoms with Crippen molar-refractivity contribution in [2.24, 2.45) is 0 Å². The van der Waals surface area contributed by atoms with E-state index in [1.807, 2.05) is 0 Å². The molecule has 0 radical (unpaired) electrons. The summed E-state index contributed by atoms with van der Waals surface area (Å²) in [6.07, 6.45) is -4.81. The Bertz CT molecular complexity index is 419. The van der Waals surface area contributed by atoms with Crippen LogP contribution in [0, 0.1) is 0 Å². The maximum absolute atomic E-state index is 12.3. The molecule has 0 N–H and O–H groups in total. The van der Waals surface area contributed by atoms with E-state index in [1.54, 1.807) is 18.2 Å². The van der Waals surface area contributed by atoms with E-state index in [0.29, 0.717) is 16.3 Å². The normalized spacial score (nSPS) is 15.8. The zero-order valence-electron chi connectivity index (χ0n) is 8.12. The minimum Gasteiger partial charge on any atom is -0.303 e. The Labute approximate surface area is 94.4 Å². The molecular formula is C10H8F3NOS. The highest BCUT2D eigenvalue weighted by Gasteiger charge is 2.44. The second-order valence-corrected chi connectivity index (χ2v) is 4.41. The lowest BCUT2D eigenvalue weighted by Gasteiger charge is -2.29. The highest BCUT2D eigenvalue weighted by atomic mass is 32.2. The average Bonchev–Trinajstić information content (AvgIpc) is 2.26. The van der Waals surface area contributed by atoms with Crippen molar-refractivity contribution in [2.45, 2.75) is 11.1 Å². The Kier molecular flexibility index (Phi) is 2.84. The summed E-state index contributed by atoms with van der Waals surface area (Å²) in [5.74, 6) is -1.31. The average molecular weight is 247 g/mol. The lowest BCUT2D eigenvalue weighted by Crippen LogP contribution is -2.43. The number of benzene rings is 1. The van der Waals surface area contributed by atoms with Gasteiger partial charge < -0.3 is 4.90 Å². The van der Waals surface area contributed by atoms with E-state index in [2.05, 4.69) is 0 Å². The van der Waals surface area contributed by atoms with Crippen LogP contribution in [0.2, 0.25) is 0 Å². The predicted molar refractivity (Wildman–Crippen MR) is 55.6 cm³/mol. The largest absolute Gasteiger partial charge is 0.471 e. The third-order valence-corrected chi connectivity index (χ3v) is 3.26. The van der Waals surface area contributed by atoms with Gasteiger partial charge in [-0.1, -0.05) is 12.1 Å². The number of halogens is 3. The third kappa shape index (κ3) is 2.02. The van der Waals surface area contributed by atoms with Gasteiger partial charge in [-0.05, 0) is 12.1 Å². The summed E-state index contributed by atoms with van der Waals surface area (Å²) in [7, 11) is 0. The minimum absolute atomic E-state index is 0.0972. The first kappa shape index (κ1) is 11.3. The third-order valence-electron chi connectivity index (χ3n) is 2.22. The number of hydrogen-bond donors (Lipinski definition) is 0. The summed E-state index contributed by atoms with van der Waals surface area (Å²) < 4.78 is 37.0.